The molecule has 2 rings (SSSR count). The zero-order chi connectivity index (χ0) is 12.3. The average molecular weight is 232 g/mol. The largest absolute Gasteiger partial charge is 0.393 e. The Morgan fingerprint density at radius 2 is 2.06 bits per heavy atom. The van der Waals surface area contributed by atoms with E-state index in [1.54, 1.807) is 0 Å². The molecular weight excluding hydrogens is 212 g/mol. The van der Waals surface area contributed by atoms with Crippen LogP contribution in [0.1, 0.15) is 32.4 Å². The Hall–Kier alpha value is -1.35. The third-order valence-electron chi connectivity index (χ3n) is 3.22. The van der Waals surface area contributed by atoms with Crippen LogP contribution in [0.2, 0.25) is 0 Å². The second-order valence-electron chi connectivity index (χ2n) is 4.38. The monoisotopic (exact) mass is 232 g/mol. The van der Waals surface area contributed by atoms with Crippen molar-refractivity contribution in [1.29, 1.82) is 0 Å². The van der Waals surface area contributed by atoms with Gasteiger partial charge in [-0.25, -0.2) is 0 Å². The maximum Gasteiger partial charge on any atom is 0.0704 e. The summed E-state index contributed by atoms with van der Waals surface area (Å²) >= 11 is 0. The van der Waals surface area contributed by atoms with Crippen molar-refractivity contribution in [1.82, 2.24) is 9.78 Å². The normalized spacial score (nSPS) is 13.1. The molecule has 0 spiro atoms. The fourth-order valence-corrected chi connectivity index (χ4v) is 2.13. The molecule has 1 heterocycles. The van der Waals surface area contributed by atoms with Gasteiger partial charge >= 0.3 is 0 Å². The minimum atomic E-state index is -0.208. The number of para-hydroxylation sites is 1. The van der Waals surface area contributed by atoms with Gasteiger partial charge in [-0.1, -0.05) is 25.1 Å². The molecule has 0 aliphatic heterocycles. The van der Waals surface area contributed by atoms with Crippen LogP contribution in [0.15, 0.2) is 24.3 Å². The predicted molar refractivity (Wildman–Crippen MR) is 70.0 cm³/mol. The van der Waals surface area contributed by atoms with E-state index in [0.29, 0.717) is 0 Å². The van der Waals surface area contributed by atoms with Gasteiger partial charge in [-0.15, -0.1) is 0 Å². The predicted octanol–water partition coefficient (Wildman–Crippen LogP) is 2.76. The highest BCUT2D eigenvalue weighted by molar-refractivity contribution is 5.81. The summed E-state index contributed by atoms with van der Waals surface area (Å²) in [6.07, 6.45) is 2.25. The Morgan fingerprint density at radius 1 is 1.29 bits per heavy atom. The van der Waals surface area contributed by atoms with Gasteiger partial charge in [-0.05, 0) is 32.3 Å². The molecule has 17 heavy (non-hydrogen) atoms. The van der Waals surface area contributed by atoms with Crippen LogP contribution in [0.25, 0.3) is 10.9 Å². The Morgan fingerprint density at radius 3 is 2.76 bits per heavy atom. The van der Waals surface area contributed by atoms with Gasteiger partial charge in [-0.3, -0.25) is 4.68 Å². The number of aromatic nitrogens is 2. The van der Waals surface area contributed by atoms with Crippen molar-refractivity contribution in [3.63, 3.8) is 0 Å². The molecule has 1 N–H and O–H groups in total. The van der Waals surface area contributed by atoms with Crippen molar-refractivity contribution in [3.8, 4) is 0 Å². The topological polar surface area (TPSA) is 38.1 Å². The Kier molecular flexibility index (Phi) is 3.79. The van der Waals surface area contributed by atoms with E-state index in [1.165, 1.54) is 10.9 Å². The van der Waals surface area contributed by atoms with E-state index in [1.807, 2.05) is 23.7 Å². The van der Waals surface area contributed by atoms with E-state index in [9.17, 15) is 5.11 Å². The molecule has 92 valence electrons. The van der Waals surface area contributed by atoms with Crippen molar-refractivity contribution in [2.75, 3.05) is 0 Å². The lowest BCUT2D eigenvalue weighted by Crippen LogP contribution is -2.06. The van der Waals surface area contributed by atoms with E-state index in [2.05, 4.69) is 24.2 Å². The van der Waals surface area contributed by atoms with Gasteiger partial charge in [0.05, 0.1) is 17.3 Å². The molecule has 1 atom stereocenters. The summed E-state index contributed by atoms with van der Waals surface area (Å²) in [5.41, 5.74) is 2.30. The quantitative estimate of drug-likeness (QED) is 0.860. The first-order valence-corrected chi connectivity index (χ1v) is 6.38. The molecule has 0 bridgehead atoms. The van der Waals surface area contributed by atoms with Crippen LogP contribution in [0.5, 0.6) is 0 Å². The maximum atomic E-state index is 9.62. The van der Waals surface area contributed by atoms with E-state index in [4.69, 9.17) is 0 Å². The second-order valence-corrected chi connectivity index (χ2v) is 4.38. The highest BCUT2D eigenvalue weighted by Gasteiger charge is 2.10. The van der Waals surface area contributed by atoms with Crippen LogP contribution in [0.3, 0.4) is 0 Å². The number of aliphatic hydroxyl groups excluding tert-OH is 1. The van der Waals surface area contributed by atoms with Crippen LogP contribution >= 0.6 is 0 Å². The number of rotatable bonds is 5. The molecule has 0 aliphatic carbocycles. The zero-order valence-electron chi connectivity index (χ0n) is 10.6. The molecule has 0 saturated heterocycles. The molecule has 0 fully saturated rings. The molecule has 0 amide bonds. The van der Waals surface area contributed by atoms with Crippen LogP contribution in [-0.2, 0) is 13.0 Å². The fourth-order valence-electron chi connectivity index (χ4n) is 2.13. The Bertz CT molecular complexity index is 490. The zero-order valence-corrected chi connectivity index (χ0v) is 10.6. The number of hydrogen-bond donors (Lipinski definition) is 1. The number of aliphatic hydroxyl groups is 1. The summed E-state index contributed by atoms with van der Waals surface area (Å²) in [7, 11) is 0. The number of benzene rings is 1. The maximum absolute atomic E-state index is 9.62. The van der Waals surface area contributed by atoms with Crippen LogP contribution in [0, 0.1) is 0 Å². The molecular formula is C14H20N2O. The Balaban J connectivity index is 2.28. The minimum Gasteiger partial charge on any atom is -0.393 e. The molecule has 1 aromatic carbocycles. The van der Waals surface area contributed by atoms with E-state index in [0.717, 1.165) is 31.5 Å². The fraction of sp³-hybridized carbons (Fsp3) is 0.500. The lowest BCUT2D eigenvalue weighted by atomic mass is 10.1. The highest BCUT2D eigenvalue weighted by atomic mass is 16.3. The first-order chi connectivity index (χ1) is 8.26. The van der Waals surface area contributed by atoms with Crippen molar-refractivity contribution in [2.45, 2.75) is 45.8 Å². The van der Waals surface area contributed by atoms with Crippen molar-refractivity contribution in [2.24, 2.45) is 0 Å². The van der Waals surface area contributed by atoms with Crippen molar-refractivity contribution in [3.05, 3.63) is 30.0 Å². The summed E-state index contributed by atoms with van der Waals surface area (Å²) in [5, 5.41) is 15.5. The molecule has 0 radical (unpaired) electrons. The van der Waals surface area contributed by atoms with E-state index >= 15 is 0 Å². The second kappa shape index (κ2) is 5.32. The van der Waals surface area contributed by atoms with Crippen LogP contribution in [-0.4, -0.2) is 21.0 Å². The van der Waals surface area contributed by atoms with Crippen LogP contribution < -0.4 is 0 Å². The van der Waals surface area contributed by atoms with Crippen LogP contribution in [0.4, 0.5) is 0 Å². The van der Waals surface area contributed by atoms with Gasteiger partial charge in [0, 0.05) is 11.9 Å². The third kappa shape index (κ3) is 2.50. The lowest BCUT2D eigenvalue weighted by Gasteiger charge is -2.05. The van der Waals surface area contributed by atoms with Gasteiger partial charge in [0.25, 0.3) is 0 Å². The van der Waals surface area contributed by atoms with Gasteiger partial charge in [0.15, 0.2) is 0 Å². The number of nitrogens with zero attached hydrogens (tertiary/aromatic N) is 2. The number of aryl methyl sites for hydroxylation is 2. The van der Waals surface area contributed by atoms with Crippen molar-refractivity contribution >= 4 is 10.9 Å². The molecule has 3 heteroatoms. The smallest absolute Gasteiger partial charge is 0.0704 e. The number of hydrogen-bond acceptors (Lipinski definition) is 2. The summed E-state index contributed by atoms with van der Waals surface area (Å²) in [4.78, 5) is 0. The lowest BCUT2D eigenvalue weighted by molar-refractivity contribution is 0.160. The molecule has 0 aliphatic rings. The Labute approximate surface area is 102 Å². The molecule has 2 aromatic rings. The third-order valence-corrected chi connectivity index (χ3v) is 3.22. The van der Waals surface area contributed by atoms with Gasteiger partial charge < -0.3 is 5.11 Å². The molecule has 1 unspecified atom stereocenters. The summed E-state index contributed by atoms with van der Waals surface area (Å²) < 4.78 is 2.03. The standard InChI is InChI=1S/C14H20N2O/c1-3-11(17)9-10-13-12-7-5-6-8-14(12)16(4-2)15-13/h5-8,11,17H,3-4,9-10H2,1-2H3. The first-order valence-electron chi connectivity index (χ1n) is 6.38. The SMILES string of the molecule is CCC(O)CCc1nn(CC)c2ccccc12. The minimum absolute atomic E-state index is 0.208. The molecule has 0 saturated carbocycles. The average Bonchev–Trinajstić information content (AvgIpc) is 2.74. The summed E-state index contributed by atoms with van der Waals surface area (Å²) in [6, 6.07) is 8.30. The highest BCUT2D eigenvalue weighted by Crippen LogP contribution is 2.20. The van der Waals surface area contributed by atoms with Gasteiger partial charge in [0.1, 0.15) is 0 Å². The van der Waals surface area contributed by atoms with E-state index < -0.39 is 0 Å². The first kappa shape index (κ1) is 12.1. The van der Waals surface area contributed by atoms with E-state index in [-0.39, 0.29) is 6.10 Å². The summed E-state index contributed by atoms with van der Waals surface area (Å²) in [6.45, 7) is 4.99. The van der Waals surface area contributed by atoms with Crippen molar-refractivity contribution < 1.29 is 5.11 Å². The van der Waals surface area contributed by atoms with Gasteiger partial charge in [-0.2, -0.15) is 5.10 Å². The number of fused-ring (bicyclic) bond motifs is 1. The molecule has 3 nitrogen and oxygen atoms in total. The summed E-state index contributed by atoms with van der Waals surface area (Å²) in [5.74, 6) is 0. The molecule has 1 aromatic heterocycles. The van der Waals surface area contributed by atoms with Gasteiger partial charge in [0.2, 0.25) is 0 Å².